The van der Waals surface area contributed by atoms with Gasteiger partial charge in [-0.1, -0.05) is 18.2 Å². The average Bonchev–Trinajstić information content (AvgIpc) is 2.54. The summed E-state index contributed by atoms with van der Waals surface area (Å²) in [7, 11) is 1.58. The van der Waals surface area contributed by atoms with Crippen LogP contribution in [0, 0.1) is 20.8 Å². The van der Waals surface area contributed by atoms with Crippen LogP contribution in [-0.2, 0) is 0 Å². The fourth-order valence-corrected chi connectivity index (χ4v) is 2.20. The third kappa shape index (κ3) is 4.39. The smallest absolute Gasteiger partial charge is 0.321 e. The highest BCUT2D eigenvalue weighted by molar-refractivity contribution is 5.89. The van der Waals surface area contributed by atoms with Crippen molar-refractivity contribution in [3.8, 4) is 11.5 Å². The Kier molecular flexibility index (Phi) is 5.46. The number of hydrogen-bond donors (Lipinski definition) is 2. The number of methoxy groups -OCH3 is 1. The molecule has 0 radical (unpaired) electrons. The Morgan fingerprint density at radius 3 is 2.57 bits per heavy atom. The van der Waals surface area contributed by atoms with Gasteiger partial charge in [-0.3, -0.25) is 0 Å². The summed E-state index contributed by atoms with van der Waals surface area (Å²) in [6, 6.07) is 10.9. The van der Waals surface area contributed by atoms with Gasteiger partial charge in [0.05, 0.1) is 7.11 Å². The standard InChI is InChI=1S/C18H22N2O3/c1-12-8-9-13(2)17(14(12)3)23-11-19-18(21)20-15-6-5-7-16(10-15)22-4/h5-10H,11H2,1-4H3,(H2,19,20,21). The van der Waals surface area contributed by atoms with Crippen molar-refractivity contribution >= 4 is 11.7 Å². The van der Waals surface area contributed by atoms with Gasteiger partial charge in [-0.15, -0.1) is 0 Å². The first kappa shape index (κ1) is 16.7. The minimum atomic E-state index is -0.332. The lowest BCUT2D eigenvalue weighted by molar-refractivity contribution is 0.234. The summed E-state index contributed by atoms with van der Waals surface area (Å²) < 4.78 is 10.8. The van der Waals surface area contributed by atoms with Crippen molar-refractivity contribution < 1.29 is 14.3 Å². The van der Waals surface area contributed by atoms with Crippen LogP contribution < -0.4 is 20.1 Å². The van der Waals surface area contributed by atoms with Crippen molar-refractivity contribution in [2.24, 2.45) is 0 Å². The zero-order valence-corrected chi connectivity index (χ0v) is 13.9. The number of amides is 2. The van der Waals surface area contributed by atoms with Gasteiger partial charge in [-0.25, -0.2) is 4.79 Å². The van der Waals surface area contributed by atoms with Crippen molar-refractivity contribution in [1.82, 2.24) is 5.32 Å². The average molecular weight is 314 g/mol. The molecule has 0 bridgehead atoms. The lowest BCUT2D eigenvalue weighted by Crippen LogP contribution is -2.32. The molecule has 5 nitrogen and oxygen atoms in total. The van der Waals surface area contributed by atoms with Crippen LogP contribution in [0.1, 0.15) is 16.7 Å². The summed E-state index contributed by atoms with van der Waals surface area (Å²) in [5.74, 6) is 1.50. The van der Waals surface area contributed by atoms with Gasteiger partial charge >= 0.3 is 6.03 Å². The van der Waals surface area contributed by atoms with Crippen LogP contribution in [0.4, 0.5) is 10.5 Å². The van der Waals surface area contributed by atoms with E-state index < -0.39 is 0 Å². The predicted octanol–water partition coefficient (Wildman–Crippen LogP) is 3.78. The fourth-order valence-electron chi connectivity index (χ4n) is 2.20. The molecule has 0 aliphatic carbocycles. The van der Waals surface area contributed by atoms with Crippen molar-refractivity contribution in [2.75, 3.05) is 19.2 Å². The van der Waals surface area contributed by atoms with E-state index in [4.69, 9.17) is 9.47 Å². The van der Waals surface area contributed by atoms with E-state index in [9.17, 15) is 4.79 Å². The number of rotatable bonds is 5. The van der Waals surface area contributed by atoms with E-state index in [1.165, 1.54) is 0 Å². The second-order valence-electron chi connectivity index (χ2n) is 5.31. The topological polar surface area (TPSA) is 59.6 Å². The molecule has 0 atom stereocenters. The molecule has 0 unspecified atom stereocenters. The molecule has 0 aliphatic rings. The molecular weight excluding hydrogens is 292 g/mol. The minimum absolute atomic E-state index is 0.0981. The Bertz CT molecular complexity index is 699. The molecule has 0 heterocycles. The summed E-state index contributed by atoms with van der Waals surface area (Å²) in [5.41, 5.74) is 3.94. The lowest BCUT2D eigenvalue weighted by atomic mass is 10.1. The quantitative estimate of drug-likeness (QED) is 0.826. The molecule has 2 N–H and O–H groups in total. The van der Waals surface area contributed by atoms with Crippen molar-refractivity contribution in [1.29, 1.82) is 0 Å². The second kappa shape index (κ2) is 7.54. The molecule has 0 saturated heterocycles. The third-order valence-electron chi connectivity index (χ3n) is 3.65. The molecule has 0 spiro atoms. The van der Waals surface area contributed by atoms with E-state index in [0.29, 0.717) is 11.4 Å². The molecule has 5 heteroatoms. The van der Waals surface area contributed by atoms with Gasteiger partial charge in [-0.05, 0) is 49.6 Å². The minimum Gasteiger partial charge on any atom is -0.497 e. The van der Waals surface area contributed by atoms with Gasteiger partial charge in [0.25, 0.3) is 0 Å². The van der Waals surface area contributed by atoms with E-state index >= 15 is 0 Å². The lowest BCUT2D eigenvalue weighted by Gasteiger charge is -2.15. The van der Waals surface area contributed by atoms with Crippen LogP contribution in [-0.4, -0.2) is 19.9 Å². The Hall–Kier alpha value is -2.69. The summed E-state index contributed by atoms with van der Waals surface area (Å²) in [6.45, 7) is 6.12. The van der Waals surface area contributed by atoms with Crippen LogP contribution in [0.15, 0.2) is 36.4 Å². The normalized spacial score (nSPS) is 10.1. The van der Waals surface area contributed by atoms with Gasteiger partial charge in [0.2, 0.25) is 0 Å². The Balaban J connectivity index is 1.89. The van der Waals surface area contributed by atoms with E-state index in [1.807, 2.05) is 39.0 Å². The molecule has 23 heavy (non-hydrogen) atoms. The fraction of sp³-hybridized carbons (Fsp3) is 0.278. The molecule has 0 aliphatic heterocycles. The maximum atomic E-state index is 11.9. The largest absolute Gasteiger partial charge is 0.497 e. The molecule has 2 aromatic rings. The van der Waals surface area contributed by atoms with Crippen molar-refractivity contribution in [2.45, 2.75) is 20.8 Å². The Morgan fingerprint density at radius 2 is 1.83 bits per heavy atom. The van der Waals surface area contributed by atoms with E-state index in [2.05, 4.69) is 16.7 Å². The SMILES string of the molecule is COc1cccc(NC(=O)NCOc2c(C)ccc(C)c2C)c1. The van der Waals surface area contributed by atoms with Gasteiger partial charge in [-0.2, -0.15) is 0 Å². The van der Waals surface area contributed by atoms with Crippen LogP contribution in [0.5, 0.6) is 11.5 Å². The van der Waals surface area contributed by atoms with Crippen LogP contribution >= 0.6 is 0 Å². The molecule has 0 fully saturated rings. The number of carbonyl (C=O) groups excluding carboxylic acids is 1. The number of anilines is 1. The maximum absolute atomic E-state index is 11.9. The molecular formula is C18H22N2O3. The monoisotopic (exact) mass is 314 g/mol. The van der Waals surface area contributed by atoms with Gasteiger partial charge < -0.3 is 20.1 Å². The van der Waals surface area contributed by atoms with E-state index in [0.717, 1.165) is 22.4 Å². The van der Waals surface area contributed by atoms with E-state index in [-0.39, 0.29) is 12.8 Å². The predicted molar refractivity (Wildman–Crippen MR) is 91.3 cm³/mol. The summed E-state index contributed by atoms with van der Waals surface area (Å²) >= 11 is 0. The summed E-state index contributed by atoms with van der Waals surface area (Å²) in [5, 5.41) is 5.41. The number of benzene rings is 2. The number of nitrogens with one attached hydrogen (secondary N) is 2. The van der Waals surface area contributed by atoms with Crippen molar-refractivity contribution in [3.05, 3.63) is 53.1 Å². The number of hydrogen-bond acceptors (Lipinski definition) is 3. The first-order valence-electron chi connectivity index (χ1n) is 7.39. The number of aryl methyl sites for hydroxylation is 2. The third-order valence-corrected chi connectivity index (χ3v) is 3.65. The molecule has 122 valence electrons. The van der Waals surface area contributed by atoms with Crippen LogP contribution in [0.25, 0.3) is 0 Å². The first-order valence-corrected chi connectivity index (χ1v) is 7.39. The number of urea groups is 1. The Labute approximate surface area is 136 Å². The zero-order valence-electron chi connectivity index (χ0n) is 13.9. The van der Waals surface area contributed by atoms with Crippen LogP contribution in [0.2, 0.25) is 0 Å². The summed E-state index contributed by atoms with van der Waals surface area (Å²) in [4.78, 5) is 11.9. The number of carbonyl (C=O) groups is 1. The van der Waals surface area contributed by atoms with Gasteiger partial charge in [0.1, 0.15) is 11.5 Å². The first-order chi connectivity index (χ1) is 11.0. The molecule has 2 aromatic carbocycles. The maximum Gasteiger partial charge on any atom is 0.321 e. The van der Waals surface area contributed by atoms with Crippen LogP contribution in [0.3, 0.4) is 0 Å². The highest BCUT2D eigenvalue weighted by Gasteiger charge is 2.07. The molecule has 0 saturated carbocycles. The molecule has 2 amide bonds. The summed E-state index contributed by atoms with van der Waals surface area (Å²) in [6.07, 6.45) is 0. The highest BCUT2D eigenvalue weighted by Crippen LogP contribution is 2.25. The van der Waals surface area contributed by atoms with Gasteiger partial charge in [0, 0.05) is 11.8 Å². The van der Waals surface area contributed by atoms with Gasteiger partial charge in [0.15, 0.2) is 6.73 Å². The second-order valence-corrected chi connectivity index (χ2v) is 5.31. The number of ether oxygens (including phenoxy) is 2. The highest BCUT2D eigenvalue weighted by atomic mass is 16.5. The Morgan fingerprint density at radius 1 is 1.09 bits per heavy atom. The van der Waals surface area contributed by atoms with Crippen molar-refractivity contribution in [3.63, 3.8) is 0 Å². The van der Waals surface area contributed by atoms with E-state index in [1.54, 1.807) is 19.2 Å². The zero-order chi connectivity index (χ0) is 16.8. The molecule has 2 rings (SSSR count). The molecule has 0 aromatic heterocycles.